The average Bonchev–Trinajstić information content (AvgIpc) is 2.66. The number of para-hydroxylation sites is 2. The number of hydrogen-bond donors (Lipinski definition) is 1. The molecule has 148 valence electrons. The summed E-state index contributed by atoms with van der Waals surface area (Å²) in [5.41, 5.74) is 0.0307. The van der Waals surface area contributed by atoms with Crippen molar-refractivity contribution in [2.24, 2.45) is 0 Å². The summed E-state index contributed by atoms with van der Waals surface area (Å²) < 4.78 is 47.7. The second-order valence-corrected chi connectivity index (χ2v) is 5.72. The lowest BCUT2D eigenvalue weighted by Gasteiger charge is -2.14. The van der Waals surface area contributed by atoms with Crippen LogP contribution in [0.2, 0.25) is 0 Å². The zero-order valence-corrected chi connectivity index (χ0v) is 15.1. The van der Waals surface area contributed by atoms with E-state index in [0.29, 0.717) is 17.0 Å². The molecule has 2 rings (SSSR count). The molecule has 0 aromatic heterocycles. The fraction of sp³-hybridized carbons (Fsp3) is 0.200. The molecule has 28 heavy (non-hydrogen) atoms. The number of carbonyl (C=O) groups is 2. The highest BCUT2D eigenvalue weighted by Crippen LogP contribution is 2.29. The van der Waals surface area contributed by atoms with Crippen molar-refractivity contribution in [3.63, 3.8) is 0 Å². The van der Waals surface area contributed by atoms with Crippen molar-refractivity contribution < 1.29 is 32.2 Å². The first-order chi connectivity index (χ1) is 13.2. The van der Waals surface area contributed by atoms with Crippen LogP contribution in [0.3, 0.4) is 0 Å². The Bertz CT molecular complexity index is 860. The number of halogens is 3. The van der Waals surface area contributed by atoms with Crippen LogP contribution in [0, 0.1) is 0 Å². The molecule has 0 saturated carbocycles. The summed E-state index contributed by atoms with van der Waals surface area (Å²) in [5.74, 6) is -0.903. The molecule has 0 aliphatic rings. The SMILES string of the molecule is COc1ccccc1NC(=O)[C@@H](C)OC(=O)/C=C/c1ccc(C(F)(F)F)cc1. The number of benzene rings is 2. The van der Waals surface area contributed by atoms with E-state index < -0.39 is 29.7 Å². The molecular weight excluding hydrogens is 375 g/mol. The summed E-state index contributed by atoms with van der Waals surface area (Å²) in [7, 11) is 1.46. The summed E-state index contributed by atoms with van der Waals surface area (Å²) in [4.78, 5) is 24.0. The molecule has 1 amide bonds. The van der Waals surface area contributed by atoms with Gasteiger partial charge in [-0.05, 0) is 42.8 Å². The van der Waals surface area contributed by atoms with Crippen LogP contribution >= 0.6 is 0 Å². The zero-order chi connectivity index (χ0) is 20.7. The normalized spacial score (nSPS) is 12.5. The summed E-state index contributed by atoms with van der Waals surface area (Å²) in [6.45, 7) is 1.40. The lowest BCUT2D eigenvalue weighted by atomic mass is 10.1. The Kier molecular flexibility index (Phi) is 6.81. The van der Waals surface area contributed by atoms with Crippen molar-refractivity contribution in [3.05, 3.63) is 65.7 Å². The lowest BCUT2D eigenvalue weighted by molar-refractivity contribution is -0.148. The lowest BCUT2D eigenvalue weighted by Crippen LogP contribution is -2.29. The Morgan fingerprint density at radius 2 is 1.71 bits per heavy atom. The van der Waals surface area contributed by atoms with Crippen molar-refractivity contribution in [2.45, 2.75) is 19.2 Å². The van der Waals surface area contributed by atoms with Crippen LogP contribution in [0.15, 0.2) is 54.6 Å². The third kappa shape index (κ3) is 5.87. The average molecular weight is 393 g/mol. The second kappa shape index (κ2) is 9.07. The highest BCUT2D eigenvalue weighted by atomic mass is 19.4. The number of hydrogen-bond acceptors (Lipinski definition) is 4. The van der Waals surface area contributed by atoms with Crippen molar-refractivity contribution in [2.75, 3.05) is 12.4 Å². The first-order valence-corrected chi connectivity index (χ1v) is 8.20. The highest BCUT2D eigenvalue weighted by molar-refractivity contribution is 5.97. The molecule has 0 aliphatic carbocycles. The Morgan fingerprint density at radius 3 is 2.32 bits per heavy atom. The highest BCUT2D eigenvalue weighted by Gasteiger charge is 2.29. The molecule has 0 heterocycles. The van der Waals surface area contributed by atoms with Crippen molar-refractivity contribution in [1.82, 2.24) is 0 Å². The number of rotatable bonds is 6. The number of esters is 1. The van der Waals surface area contributed by atoms with E-state index >= 15 is 0 Å². The van der Waals surface area contributed by atoms with Gasteiger partial charge in [-0.3, -0.25) is 4.79 Å². The first kappa shape index (κ1) is 21.0. The molecule has 0 saturated heterocycles. The van der Waals surface area contributed by atoms with E-state index in [2.05, 4.69) is 5.32 Å². The van der Waals surface area contributed by atoms with Crippen molar-refractivity contribution >= 4 is 23.6 Å². The van der Waals surface area contributed by atoms with E-state index in [0.717, 1.165) is 18.2 Å². The van der Waals surface area contributed by atoms with Crippen LogP contribution in [0.5, 0.6) is 5.75 Å². The molecular formula is C20H18F3NO4. The first-order valence-electron chi connectivity index (χ1n) is 8.20. The van der Waals surface area contributed by atoms with Gasteiger partial charge in [-0.2, -0.15) is 13.2 Å². The monoisotopic (exact) mass is 393 g/mol. The Balaban J connectivity index is 1.92. The Labute approximate surface area is 159 Å². The Hall–Kier alpha value is -3.29. The van der Waals surface area contributed by atoms with Crippen LogP contribution in [-0.2, 0) is 20.5 Å². The predicted octanol–water partition coefficient (Wildman–Crippen LogP) is 4.30. The minimum absolute atomic E-state index is 0.385. The quantitative estimate of drug-likeness (QED) is 0.587. The maximum absolute atomic E-state index is 12.5. The molecule has 8 heteroatoms. The van der Waals surface area contributed by atoms with Gasteiger partial charge in [0, 0.05) is 6.08 Å². The largest absolute Gasteiger partial charge is 0.495 e. The standard InChI is InChI=1S/C20H18F3NO4/c1-13(19(26)24-16-5-3-4-6-17(16)27-2)28-18(25)12-9-14-7-10-15(11-8-14)20(21,22)23/h3-13H,1-2H3,(H,24,26)/b12-9+/t13-/m1/s1. The molecule has 5 nitrogen and oxygen atoms in total. The maximum Gasteiger partial charge on any atom is 0.416 e. The number of methoxy groups -OCH3 is 1. The summed E-state index contributed by atoms with van der Waals surface area (Å²) in [5, 5.41) is 2.59. The molecule has 1 atom stereocenters. The third-order valence-electron chi connectivity index (χ3n) is 3.68. The molecule has 0 spiro atoms. The van der Waals surface area contributed by atoms with E-state index in [-0.39, 0.29) is 0 Å². The molecule has 0 bridgehead atoms. The summed E-state index contributed by atoms with van der Waals surface area (Å²) in [6, 6.07) is 11.0. The predicted molar refractivity (Wildman–Crippen MR) is 97.7 cm³/mol. The third-order valence-corrected chi connectivity index (χ3v) is 3.68. The topological polar surface area (TPSA) is 64.6 Å². The van der Waals surface area contributed by atoms with Crippen LogP contribution in [0.25, 0.3) is 6.08 Å². The molecule has 2 aromatic carbocycles. The molecule has 0 radical (unpaired) electrons. The molecule has 1 N–H and O–H groups in total. The summed E-state index contributed by atoms with van der Waals surface area (Å²) >= 11 is 0. The Morgan fingerprint density at radius 1 is 1.07 bits per heavy atom. The van der Waals surface area contributed by atoms with Gasteiger partial charge in [0.2, 0.25) is 0 Å². The van der Waals surface area contributed by atoms with Crippen LogP contribution in [0.4, 0.5) is 18.9 Å². The summed E-state index contributed by atoms with van der Waals surface area (Å²) in [6.07, 6.45) is -3.18. The van der Waals surface area contributed by atoms with E-state index in [9.17, 15) is 22.8 Å². The maximum atomic E-state index is 12.5. The minimum atomic E-state index is -4.43. The number of nitrogens with one attached hydrogen (secondary N) is 1. The minimum Gasteiger partial charge on any atom is -0.495 e. The smallest absolute Gasteiger partial charge is 0.416 e. The van der Waals surface area contributed by atoms with E-state index in [1.54, 1.807) is 24.3 Å². The van der Waals surface area contributed by atoms with Crippen LogP contribution in [-0.4, -0.2) is 25.1 Å². The van der Waals surface area contributed by atoms with E-state index in [1.165, 1.54) is 32.2 Å². The van der Waals surface area contributed by atoms with Gasteiger partial charge in [0.15, 0.2) is 6.10 Å². The van der Waals surface area contributed by atoms with Gasteiger partial charge >= 0.3 is 12.1 Å². The van der Waals surface area contributed by atoms with Crippen LogP contribution in [0.1, 0.15) is 18.1 Å². The number of amides is 1. The van der Waals surface area contributed by atoms with Gasteiger partial charge in [-0.15, -0.1) is 0 Å². The van der Waals surface area contributed by atoms with Gasteiger partial charge in [0.25, 0.3) is 5.91 Å². The van der Waals surface area contributed by atoms with Gasteiger partial charge < -0.3 is 14.8 Å². The molecule has 0 aliphatic heterocycles. The molecule has 2 aromatic rings. The fourth-order valence-corrected chi connectivity index (χ4v) is 2.20. The van der Waals surface area contributed by atoms with Crippen molar-refractivity contribution in [3.8, 4) is 5.75 Å². The second-order valence-electron chi connectivity index (χ2n) is 5.72. The zero-order valence-electron chi connectivity index (χ0n) is 15.1. The van der Waals surface area contributed by atoms with Crippen LogP contribution < -0.4 is 10.1 Å². The number of ether oxygens (including phenoxy) is 2. The van der Waals surface area contributed by atoms with E-state index in [4.69, 9.17) is 9.47 Å². The number of carbonyl (C=O) groups excluding carboxylic acids is 2. The van der Waals surface area contributed by atoms with E-state index in [1.807, 2.05) is 0 Å². The van der Waals surface area contributed by atoms with Gasteiger partial charge in [-0.1, -0.05) is 24.3 Å². The van der Waals surface area contributed by atoms with Gasteiger partial charge in [-0.25, -0.2) is 4.79 Å². The fourth-order valence-electron chi connectivity index (χ4n) is 2.20. The van der Waals surface area contributed by atoms with Crippen molar-refractivity contribution in [1.29, 1.82) is 0 Å². The number of alkyl halides is 3. The molecule has 0 fully saturated rings. The number of anilines is 1. The molecule has 0 unspecified atom stereocenters. The van der Waals surface area contributed by atoms with Gasteiger partial charge in [0.1, 0.15) is 5.75 Å². The van der Waals surface area contributed by atoms with Gasteiger partial charge in [0.05, 0.1) is 18.4 Å².